The lowest BCUT2D eigenvalue weighted by Crippen LogP contribution is -2.25. The Bertz CT molecular complexity index is 467. The van der Waals surface area contributed by atoms with E-state index in [4.69, 9.17) is 0 Å². The zero-order valence-corrected chi connectivity index (χ0v) is 14.7. The molecule has 2 heterocycles. The van der Waals surface area contributed by atoms with Gasteiger partial charge in [-0.2, -0.15) is 0 Å². The molecule has 0 spiro atoms. The van der Waals surface area contributed by atoms with Gasteiger partial charge in [0.15, 0.2) is 5.13 Å². The molecule has 1 aliphatic rings. The average Bonchev–Trinajstić information content (AvgIpc) is 2.80. The van der Waals surface area contributed by atoms with Crippen molar-refractivity contribution in [1.29, 1.82) is 0 Å². The smallest absolute Gasteiger partial charge is 0.229 e. The number of carbonyl (C=O) groups excluding carboxylic acids is 1. The number of rotatable bonds is 2. The van der Waals surface area contributed by atoms with E-state index in [0.717, 1.165) is 26.5 Å². The molecule has 18 heavy (non-hydrogen) atoms. The number of carbonyl (C=O) groups is 1. The molecule has 0 bridgehead atoms. The largest absolute Gasteiger partial charge is 0.288 e. The van der Waals surface area contributed by atoms with Gasteiger partial charge in [0.25, 0.3) is 0 Å². The number of aromatic nitrogens is 1. The first kappa shape index (κ1) is 14.5. The van der Waals surface area contributed by atoms with Gasteiger partial charge in [0, 0.05) is 23.7 Å². The molecule has 0 radical (unpaired) electrons. The van der Waals surface area contributed by atoms with Crippen molar-refractivity contribution in [3.05, 3.63) is 9.48 Å². The summed E-state index contributed by atoms with van der Waals surface area (Å²) >= 11 is 8.56. The lowest BCUT2D eigenvalue weighted by atomic mass is 9.93. The Kier molecular flexibility index (Phi) is 4.19. The third-order valence-corrected chi connectivity index (χ3v) is 5.58. The van der Waals surface area contributed by atoms with Crippen LogP contribution in [0.25, 0.3) is 0 Å². The molecule has 3 nitrogen and oxygen atoms in total. The van der Waals surface area contributed by atoms with Crippen molar-refractivity contribution in [1.82, 2.24) is 4.98 Å². The molecule has 0 saturated carbocycles. The fourth-order valence-corrected chi connectivity index (χ4v) is 4.52. The minimum Gasteiger partial charge on any atom is -0.288 e. The summed E-state index contributed by atoms with van der Waals surface area (Å²) in [7, 11) is 0. The molecular weight excluding hydrogens is 380 g/mol. The van der Waals surface area contributed by atoms with Crippen LogP contribution in [0.1, 0.15) is 32.9 Å². The quantitative estimate of drug-likeness (QED) is 0.710. The van der Waals surface area contributed by atoms with Crippen molar-refractivity contribution < 1.29 is 4.79 Å². The molecule has 1 fully saturated rings. The third kappa shape index (κ3) is 2.80. The highest BCUT2D eigenvalue weighted by Gasteiger charge is 2.33. The molecule has 1 atom stereocenters. The summed E-state index contributed by atoms with van der Waals surface area (Å²) in [6.45, 7) is 7.16. The summed E-state index contributed by atoms with van der Waals surface area (Å²) in [5.74, 6) is 0.583. The Morgan fingerprint density at radius 2 is 2.17 bits per heavy atom. The van der Waals surface area contributed by atoms with E-state index in [9.17, 15) is 4.79 Å². The van der Waals surface area contributed by atoms with E-state index in [1.807, 2.05) is 4.90 Å². The molecule has 1 aromatic rings. The van der Waals surface area contributed by atoms with Gasteiger partial charge in [-0.25, -0.2) is 4.98 Å². The van der Waals surface area contributed by atoms with Crippen molar-refractivity contribution in [3.8, 4) is 0 Å². The Labute approximate surface area is 128 Å². The molecule has 100 valence electrons. The number of hydrogen-bond donors (Lipinski definition) is 0. The van der Waals surface area contributed by atoms with E-state index in [-0.39, 0.29) is 11.3 Å². The number of amides is 1. The number of thiazole rings is 1. The molecular formula is C12H16Br2N2OS. The Hall–Kier alpha value is 0.0600. The van der Waals surface area contributed by atoms with Gasteiger partial charge in [-0.05, 0) is 21.8 Å². The van der Waals surface area contributed by atoms with Gasteiger partial charge in [-0.1, -0.05) is 48.0 Å². The van der Waals surface area contributed by atoms with Crippen LogP contribution in [0.2, 0.25) is 0 Å². The first-order valence-electron chi connectivity index (χ1n) is 5.86. The van der Waals surface area contributed by atoms with Gasteiger partial charge in [0.1, 0.15) is 0 Å². The summed E-state index contributed by atoms with van der Waals surface area (Å²) in [4.78, 5) is 18.4. The molecule has 0 aliphatic carbocycles. The van der Waals surface area contributed by atoms with Crippen LogP contribution in [-0.2, 0) is 10.2 Å². The second-order valence-corrected chi connectivity index (χ2v) is 8.54. The van der Waals surface area contributed by atoms with Crippen LogP contribution >= 0.6 is 43.2 Å². The van der Waals surface area contributed by atoms with Crippen LogP contribution in [-0.4, -0.2) is 22.8 Å². The second kappa shape index (κ2) is 5.21. The second-order valence-electron chi connectivity index (χ2n) is 5.60. The van der Waals surface area contributed by atoms with Crippen molar-refractivity contribution in [2.24, 2.45) is 5.92 Å². The fraction of sp³-hybridized carbons (Fsp3) is 0.667. The Morgan fingerprint density at radius 3 is 2.61 bits per heavy atom. The van der Waals surface area contributed by atoms with Gasteiger partial charge in [-0.3, -0.25) is 9.69 Å². The highest BCUT2D eigenvalue weighted by Crippen LogP contribution is 2.39. The molecule has 1 unspecified atom stereocenters. The number of halogens is 2. The first-order chi connectivity index (χ1) is 8.32. The average molecular weight is 396 g/mol. The maximum absolute atomic E-state index is 12.0. The zero-order valence-electron chi connectivity index (χ0n) is 10.7. The molecule has 0 N–H and O–H groups in total. The Balaban J connectivity index is 2.28. The highest BCUT2D eigenvalue weighted by molar-refractivity contribution is 9.11. The number of nitrogens with zero attached hydrogens (tertiary/aromatic N) is 2. The van der Waals surface area contributed by atoms with Gasteiger partial charge in [0.2, 0.25) is 5.91 Å². The van der Waals surface area contributed by atoms with Gasteiger partial charge < -0.3 is 0 Å². The van der Waals surface area contributed by atoms with Gasteiger partial charge in [0.05, 0.1) is 9.48 Å². The standard InChI is InChI=1S/C12H16Br2N2OS/c1-12(2,3)9-10(14)18-11(15-9)16-6-7(5-13)4-8(16)17/h7H,4-6H2,1-3H3. The maximum atomic E-state index is 12.0. The number of alkyl halides is 1. The van der Waals surface area contributed by atoms with Crippen LogP contribution in [0.4, 0.5) is 5.13 Å². The van der Waals surface area contributed by atoms with Gasteiger partial charge >= 0.3 is 0 Å². The van der Waals surface area contributed by atoms with Crippen LogP contribution in [0.15, 0.2) is 3.79 Å². The van der Waals surface area contributed by atoms with E-state index in [1.54, 1.807) is 11.3 Å². The van der Waals surface area contributed by atoms with E-state index >= 15 is 0 Å². The normalized spacial score (nSPS) is 20.8. The number of hydrogen-bond acceptors (Lipinski definition) is 3. The first-order valence-corrected chi connectivity index (χ1v) is 8.59. The molecule has 6 heteroatoms. The summed E-state index contributed by atoms with van der Waals surface area (Å²) in [6, 6.07) is 0. The van der Waals surface area contributed by atoms with Crippen LogP contribution in [0.3, 0.4) is 0 Å². The highest BCUT2D eigenvalue weighted by atomic mass is 79.9. The summed E-state index contributed by atoms with van der Waals surface area (Å²) in [6.07, 6.45) is 0.618. The lowest BCUT2D eigenvalue weighted by molar-refractivity contribution is -0.117. The van der Waals surface area contributed by atoms with E-state index in [1.165, 1.54) is 0 Å². The third-order valence-electron chi connectivity index (χ3n) is 2.94. The maximum Gasteiger partial charge on any atom is 0.229 e. The topological polar surface area (TPSA) is 33.2 Å². The van der Waals surface area contributed by atoms with E-state index in [2.05, 4.69) is 57.6 Å². The zero-order chi connectivity index (χ0) is 13.5. The van der Waals surface area contributed by atoms with Crippen LogP contribution < -0.4 is 4.90 Å². The molecule has 0 aromatic carbocycles. The van der Waals surface area contributed by atoms with Crippen molar-refractivity contribution in [3.63, 3.8) is 0 Å². The SMILES string of the molecule is CC(C)(C)c1nc(N2CC(CBr)CC2=O)sc1Br. The molecule has 1 aromatic heterocycles. The van der Waals surface area contributed by atoms with Gasteiger partial charge in [-0.15, -0.1) is 0 Å². The monoisotopic (exact) mass is 394 g/mol. The fourth-order valence-electron chi connectivity index (χ4n) is 1.94. The molecule has 1 amide bonds. The molecule has 1 aliphatic heterocycles. The number of anilines is 1. The summed E-state index contributed by atoms with van der Waals surface area (Å²) < 4.78 is 1.03. The summed E-state index contributed by atoms with van der Waals surface area (Å²) in [5.41, 5.74) is 1.02. The predicted molar refractivity (Wildman–Crippen MR) is 82.8 cm³/mol. The summed E-state index contributed by atoms with van der Waals surface area (Å²) in [5, 5.41) is 1.69. The molecule has 2 rings (SSSR count). The van der Waals surface area contributed by atoms with Crippen LogP contribution in [0.5, 0.6) is 0 Å². The lowest BCUT2D eigenvalue weighted by Gasteiger charge is -2.16. The van der Waals surface area contributed by atoms with E-state index in [0.29, 0.717) is 12.3 Å². The Morgan fingerprint density at radius 1 is 1.50 bits per heavy atom. The minimum atomic E-state index is -0.00875. The molecule has 1 saturated heterocycles. The van der Waals surface area contributed by atoms with Crippen molar-refractivity contribution >= 4 is 54.2 Å². The van der Waals surface area contributed by atoms with Crippen molar-refractivity contribution in [2.45, 2.75) is 32.6 Å². The predicted octanol–water partition coefficient (Wildman–Crippen LogP) is 3.95. The van der Waals surface area contributed by atoms with E-state index < -0.39 is 0 Å². The van der Waals surface area contributed by atoms with Crippen LogP contribution in [0, 0.1) is 5.92 Å². The van der Waals surface area contributed by atoms with Crippen molar-refractivity contribution in [2.75, 3.05) is 16.8 Å². The minimum absolute atomic E-state index is 0.00875.